The lowest BCUT2D eigenvalue weighted by molar-refractivity contribution is 0.216. The largest absolute Gasteiger partial charge is 0.277 e. The molecule has 0 radical (unpaired) electrons. The molecule has 30 heavy (non-hydrogen) atoms. The molecule has 5 rings (SSSR count). The smallest absolute Gasteiger partial charge is 0.275 e. The Morgan fingerprint density at radius 2 is 1.67 bits per heavy atom. The fourth-order valence-electron chi connectivity index (χ4n) is 5.69. The molecule has 2 aliphatic carbocycles. The van der Waals surface area contributed by atoms with E-state index in [4.69, 9.17) is 0 Å². The Morgan fingerprint density at radius 1 is 1.00 bits per heavy atom. The van der Waals surface area contributed by atoms with Crippen LogP contribution in [0, 0.1) is 22.9 Å². The summed E-state index contributed by atoms with van der Waals surface area (Å²) in [6.45, 7) is 6.84. The summed E-state index contributed by atoms with van der Waals surface area (Å²) < 4.78 is 44.9. The van der Waals surface area contributed by atoms with Gasteiger partial charge in [-0.05, 0) is 54.0 Å². The van der Waals surface area contributed by atoms with Crippen LogP contribution in [0.4, 0.5) is 13.2 Å². The summed E-state index contributed by atoms with van der Waals surface area (Å²) >= 11 is 0. The van der Waals surface area contributed by atoms with Crippen molar-refractivity contribution in [1.82, 2.24) is 9.36 Å². The fourth-order valence-corrected chi connectivity index (χ4v) is 5.69. The van der Waals surface area contributed by atoms with Crippen molar-refractivity contribution in [3.63, 3.8) is 0 Å². The van der Waals surface area contributed by atoms with Crippen LogP contribution in [0.2, 0.25) is 0 Å². The topological polar surface area (TPSA) is 26.9 Å². The second kappa shape index (κ2) is 6.13. The van der Waals surface area contributed by atoms with Crippen molar-refractivity contribution in [3.05, 3.63) is 87.1 Å². The van der Waals surface area contributed by atoms with Gasteiger partial charge in [0.1, 0.15) is 17.3 Å². The third kappa shape index (κ3) is 2.36. The summed E-state index contributed by atoms with van der Waals surface area (Å²) in [4.78, 5) is 13.6. The first-order valence-corrected chi connectivity index (χ1v) is 10.2. The van der Waals surface area contributed by atoms with E-state index in [0.717, 1.165) is 41.8 Å². The Balaban J connectivity index is 1.79. The van der Waals surface area contributed by atoms with Gasteiger partial charge in [-0.2, -0.15) is 0 Å². The highest BCUT2D eigenvalue weighted by Gasteiger charge is 2.62. The van der Waals surface area contributed by atoms with Crippen molar-refractivity contribution in [2.45, 2.75) is 51.5 Å². The number of fused-ring (bicyclic) bond motifs is 5. The van der Waals surface area contributed by atoms with E-state index < -0.39 is 11.6 Å². The predicted molar refractivity (Wildman–Crippen MR) is 109 cm³/mol. The third-order valence-electron chi connectivity index (χ3n) is 7.66. The van der Waals surface area contributed by atoms with E-state index >= 15 is 0 Å². The molecular formula is C24H23F3N2O. The highest BCUT2D eigenvalue weighted by atomic mass is 19.1. The molecule has 1 saturated carbocycles. The highest BCUT2D eigenvalue weighted by Crippen LogP contribution is 2.67. The van der Waals surface area contributed by atoms with Crippen LogP contribution in [0.5, 0.6) is 0 Å². The van der Waals surface area contributed by atoms with Gasteiger partial charge in [-0.15, -0.1) is 0 Å². The first-order valence-electron chi connectivity index (χ1n) is 10.2. The van der Waals surface area contributed by atoms with Crippen molar-refractivity contribution in [3.8, 4) is 5.69 Å². The molecule has 2 aromatic carbocycles. The van der Waals surface area contributed by atoms with E-state index in [-0.39, 0.29) is 33.8 Å². The average molecular weight is 412 g/mol. The van der Waals surface area contributed by atoms with Crippen LogP contribution in [-0.2, 0) is 12.0 Å². The van der Waals surface area contributed by atoms with Crippen LogP contribution in [0.3, 0.4) is 0 Å². The molecule has 0 unspecified atom stereocenters. The number of rotatable bonds is 3. The molecular weight excluding hydrogens is 389 g/mol. The zero-order chi connectivity index (χ0) is 21.4. The monoisotopic (exact) mass is 412 g/mol. The molecule has 3 aromatic rings. The van der Waals surface area contributed by atoms with Gasteiger partial charge in [-0.1, -0.05) is 32.9 Å². The van der Waals surface area contributed by atoms with Crippen LogP contribution in [0.1, 0.15) is 56.4 Å². The Kier molecular flexibility index (Phi) is 3.92. The van der Waals surface area contributed by atoms with E-state index in [2.05, 4.69) is 20.8 Å². The normalized spacial score (nSPS) is 23.7. The Bertz CT molecular complexity index is 1220. The molecule has 2 aliphatic rings. The maximum Gasteiger partial charge on any atom is 0.275 e. The minimum absolute atomic E-state index is 0.0266. The number of aromatic nitrogens is 2. The summed E-state index contributed by atoms with van der Waals surface area (Å²) in [5.41, 5.74) is 1.89. The number of hydrogen-bond donors (Lipinski definition) is 0. The summed E-state index contributed by atoms with van der Waals surface area (Å²) in [5, 5.41) is 0. The summed E-state index contributed by atoms with van der Waals surface area (Å²) in [7, 11) is 0. The molecule has 0 saturated heterocycles. The maximum atomic E-state index is 14.7. The van der Waals surface area contributed by atoms with Crippen LogP contribution >= 0.6 is 0 Å². The lowest BCUT2D eigenvalue weighted by Gasteiger charge is -2.36. The number of halogens is 3. The van der Waals surface area contributed by atoms with E-state index in [1.165, 1.54) is 22.9 Å². The van der Waals surface area contributed by atoms with Crippen molar-refractivity contribution < 1.29 is 13.2 Å². The second-order valence-corrected chi connectivity index (χ2v) is 9.30. The fraction of sp³-hybridized carbons (Fsp3) is 0.375. The minimum atomic E-state index is -0.787. The van der Waals surface area contributed by atoms with Gasteiger partial charge in [-0.3, -0.25) is 9.48 Å². The summed E-state index contributed by atoms with van der Waals surface area (Å²) in [5.74, 6) is -1.73. The molecule has 3 nitrogen and oxygen atoms in total. The quantitative estimate of drug-likeness (QED) is 0.575. The predicted octanol–water partition coefficient (Wildman–Crippen LogP) is 5.28. The number of hydrogen-bond acceptors (Lipinski definition) is 1. The molecule has 0 amide bonds. The van der Waals surface area contributed by atoms with Gasteiger partial charge < -0.3 is 0 Å². The Morgan fingerprint density at radius 3 is 2.33 bits per heavy atom. The highest BCUT2D eigenvalue weighted by molar-refractivity contribution is 5.48. The van der Waals surface area contributed by atoms with Crippen LogP contribution in [-0.4, -0.2) is 9.36 Å². The number of benzene rings is 2. The molecule has 6 heteroatoms. The van der Waals surface area contributed by atoms with E-state index in [1.807, 2.05) is 4.68 Å². The molecule has 156 valence electrons. The molecule has 0 aliphatic heterocycles. The molecule has 1 heterocycles. The van der Waals surface area contributed by atoms with Crippen LogP contribution in [0.15, 0.2) is 47.3 Å². The van der Waals surface area contributed by atoms with Crippen LogP contribution in [0.25, 0.3) is 5.69 Å². The average Bonchev–Trinajstić information content (AvgIpc) is 3.16. The van der Waals surface area contributed by atoms with Gasteiger partial charge in [0.25, 0.3) is 5.56 Å². The molecule has 2 atom stereocenters. The molecule has 2 bridgehead atoms. The minimum Gasteiger partial charge on any atom is -0.277 e. The van der Waals surface area contributed by atoms with Gasteiger partial charge in [0.2, 0.25) is 0 Å². The summed E-state index contributed by atoms with van der Waals surface area (Å²) in [6, 6.07) is 9.33. The van der Waals surface area contributed by atoms with Crippen molar-refractivity contribution >= 4 is 0 Å². The van der Waals surface area contributed by atoms with Crippen molar-refractivity contribution in [2.75, 3.05) is 0 Å². The molecule has 1 aromatic heterocycles. The molecule has 0 N–H and O–H groups in total. The third-order valence-corrected chi connectivity index (χ3v) is 7.66. The second-order valence-electron chi connectivity index (χ2n) is 9.30. The number of nitrogens with zero attached hydrogens (tertiary/aromatic N) is 2. The van der Waals surface area contributed by atoms with Gasteiger partial charge >= 0.3 is 0 Å². The van der Waals surface area contributed by atoms with E-state index in [1.54, 1.807) is 12.1 Å². The zero-order valence-electron chi connectivity index (χ0n) is 17.2. The van der Waals surface area contributed by atoms with Gasteiger partial charge in [-0.25, -0.2) is 17.9 Å². The maximum absolute atomic E-state index is 14.7. The SMILES string of the molecule is CC1(C)[C@@H]2CC[C@@]1(C)c1c2c(=O)n(-c2ccc(F)cc2F)n1Cc1ccc(F)cc1. The molecule has 1 fully saturated rings. The van der Waals surface area contributed by atoms with Gasteiger partial charge in [0.05, 0.1) is 12.2 Å². The van der Waals surface area contributed by atoms with Gasteiger partial charge in [0.15, 0.2) is 5.82 Å². The first kappa shape index (κ1) is 19.2. The van der Waals surface area contributed by atoms with Gasteiger partial charge in [0, 0.05) is 17.0 Å². The van der Waals surface area contributed by atoms with Crippen molar-refractivity contribution in [1.29, 1.82) is 0 Å². The van der Waals surface area contributed by atoms with Crippen molar-refractivity contribution in [2.24, 2.45) is 5.41 Å². The molecule has 0 spiro atoms. The van der Waals surface area contributed by atoms with E-state index in [0.29, 0.717) is 6.54 Å². The Hall–Kier alpha value is -2.76. The van der Waals surface area contributed by atoms with E-state index in [9.17, 15) is 18.0 Å². The zero-order valence-corrected chi connectivity index (χ0v) is 17.2. The lowest BCUT2D eigenvalue weighted by atomic mass is 9.70. The standard InChI is InChI=1S/C24H23F3N2O/c1-23(2)17-10-11-24(23,3)21-20(17)22(30)29(19-9-8-16(26)12-18(19)27)28(21)13-14-4-6-15(25)7-5-14/h4-9,12,17H,10-11,13H2,1-3H3/t17-,24+/m1/s1. The lowest BCUT2D eigenvalue weighted by Crippen LogP contribution is -2.36. The summed E-state index contributed by atoms with van der Waals surface area (Å²) in [6.07, 6.45) is 1.86. The Labute approximate surface area is 172 Å². The van der Waals surface area contributed by atoms with Crippen LogP contribution < -0.4 is 5.56 Å². The first-order chi connectivity index (χ1) is 14.1.